The van der Waals surface area contributed by atoms with E-state index in [1.165, 1.54) is 24.3 Å². The van der Waals surface area contributed by atoms with Crippen LogP contribution < -0.4 is 10.5 Å². The van der Waals surface area contributed by atoms with Crippen LogP contribution >= 0.6 is 47.8 Å². The molecule has 2 rings (SSSR count). The van der Waals surface area contributed by atoms with E-state index in [-0.39, 0.29) is 11.5 Å². The van der Waals surface area contributed by atoms with Crippen LogP contribution in [0, 0.1) is 0 Å². The van der Waals surface area contributed by atoms with Crippen LogP contribution in [0.25, 0.3) is 0 Å². The van der Waals surface area contributed by atoms with Gasteiger partial charge in [0.2, 0.25) is 0 Å². The average Bonchev–Trinajstić information content (AvgIpc) is 2.44. The van der Waals surface area contributed by atoms with Crippen LogP contribution in [0.1, 0.15) is 17.2 Å². The van der Waals surface area contributed by atoms with Crippen molar-refractivity contribution in [2.75, 3.05) is 0 Å². The molecule has 2 aromatic rings. The van der Waals surface area contributed by atoms with Crippen LogP contribution in [0.15, 0.2) is 43.7 Å². The minimum absolute atomic E-state index is 0.0179. The van der Waals surface area contributed by atoms with Gasteiger partial charge in [0, 0.05) is 10.0 Å². The molecule has 0 bridgehead atoms. The lowest BCUT2D eigenvalue weighted by atomic mass is 9.99. The Kier molecular flexibility index (Phi) is 5.65. The highest BCUT2D eigenvalue weighted by Gasteiger charge is 2.31. The molecule has 0 aliphatic carbocycles. The molecule has 23 heavy (non-hydrogen) atoms. The number of hydrogen-bond donors (Lipinski definition) is 2. The Balaban J connectivity index is 2.35. The van der Waals surface area contributed by atoms with Crippen LogP contribution in [0.2, 0.25) is 0 Å². The van der Waals surface area contributed by atoms with Crippen molar-refractivity contribution >= 4 is 47.8 Å². The maximum atomic E-state index is 12.2. The molecule has 124 valence electrons. The highest BCUT2D eigenvalue weighted by molar-refractivity contribution is 9.11. The zero-order valence-electron chi connectivity index (χ0n) is 11.2. The highest BCUT2D eigenvalue weighted by atomic mass is 79.9. The van der Waals surface area contributed by atoms with Gasteiger partial charge in [0.05, 0.1) is 15.0 Å². The van der Waals surface area contributed by atoms with Crippen molar-refractivity contribution in [1.82, 2.24) is 0 Å². The van der Waals surface area contributed by atoms with E-state index in [1.807, 2.05) is 0 Å². The van der Waals surface area contributed by atoms with E-state index in [0.717, 1.165) is 0 Å². The third-order valence-electron chi connectivity index (χ3n) is 2.97. The lowest BCUT2D eigenvalue weighted by molar-refractivity contribution is -0.274. The molecule has 0 unspecified atom stereocenters. The van der Waals surface area contributed by atoms with Gasteiger partial charge in [-0.15, -0.1) is 13.2 Å². The molecule has 0 spiro atoms. The molecule has 3 N–H and O–H groups in total. The summed E-state index contributed by atoms with van der Waals surface area (Å²) in [6.45, 7) is 0. The van der Waals surface area contributed by atoms with E-state index in [1.54, 1.807) is 6.07 Å². The number of benzene rings is 2. The zero-order chi connectivity index (χ0) is 17.4. The Morgan fingerprint density at radius 2 is 1.61 bits per heavy atom. The Labute approximate surface area is 155 Å². The van der Waals surface area contributed by atoms with Gasteiger partial charge >= 0.3 is 6.36 Å². The number of phenols is 1. The van der Waals surface area contributed by atoms with E-state index >= 15 is 0 Å². The number of nitrogens with two attached hydrogens (primary N) is 1. The molecule has 0 aromatic heterocycles. The first-order valence-electron chi connectivity index (χ1n) is 6.08. The quantitative estimate of drug-likeness (QED) is 0.553. The van der Waals surface area contributed by atoms with E-state index in [4.69, 9.17) is 5.73 Å². The molecule has 0 saturated heterocycles. The fraction of sp³-hybridized carbons (Fsp3) is 0.143. The van der Waals surface area contributed by atoms with Gasteiger partial charge in [0.15, 0.2) is 0 Å². The molecule has 1 atom stereocenters. The summed E-state index contributed by atoms with van der Waals surface area (Å²) < 4.78 is 41.8. The molecule has 9 heteroatoms. The summed E-state index contributed by atoms with van der Waals surface area (Å²) in [4.78, 5) is 0. The van der Waals surface area contributed by atoms with Crippen molar-refractivity contribution in [3.8, 4) is 11.5 Å². The van der Waals surface area contributed by atoms with Gasteiger partial charge in [-0.1, -0.05) is 28.1 Å². The topological polar surface area (TPSA) is 55.5 Å². The first-order chi connectivity index (χ1) is 10.6. The minimum atomic E-state index is -4.74. The van der Waals surface area contributed by atoms with Crippen molar-refractivity contribution < 1.29 is 23.0 Å². The van der Waals surface area contributed by atoms with Gasteiger partial charge in [-0.2, -0.15) is 0 Å². The van der Waals surface area contributed by atoms with E-state index in [0.29, 0.717) is 24.5 Å². The van der Waals surface area contributed by atoms with Crippen LogP contribution in [0.5, 0.6) is 11.5 Å². The maximum absolute atomic E-state index is 12.2. The fourth-order valence-corrected chi connectivity index (χ4v) is 4.54. The largest absolute Gasteiger partial charge is 0.573 e. The Bertz CT molecular complexity index is 721. The van der Waals surface area contributed by atoms with E-state index in [9.17, 15) is 18.3 Å². The highest BCUT2D eigenvalue weighted by Crippen LogP contribution is 2.43. The fourth-order valence-electron chi connectivity index (χ4n) is 1.92. The molecule has 0 amide bonds. The van der Waals surface area contributed by atoms with Crippen molar-refractivity contribution in [2.24, 2.45) is 5.73 Å². The average molecular weight is 520 g/mol. The maximum Gasteiger partial charge on any atom is 0.573 e. The smallest absolute Gasteiger partial charge is 0.506 e. The number of phenolic OH excluding ortho intramolecular Hbond substituents is 1. The number of ether oxygens (including phenoxy) is 1. The minimum Gasteiger partial charge on any atom is -0.506 e. The van der Waals surface area contributed by atoms with Gasteiger partial charge in [-0.3, -0.25) is 0 Å². The molecule has 0 aliphatic heterocycles. The van der Waals surface area contributed by atoms with Gasteiger partial charge in [-0.25, -0.2) is 0 Å². The summed E-state index contributed by atoms with van der Waals surface area (Å²) in [6, 6.07) is 6.20. The normalized spacial score (nSPS) is 13.0. The standard InChI is InChI=1S/C14H9Br3F3NO2/c15-8-5-9(16)13(22)11(17)10(8)12(21)6-1-3-7(4-2-6)23-14(18,19)20/h1-5,12,22H,21H2/t12-/m1/s1. The summed E-state index contributed by atoms with van der Waals surface area (Å²) in [7, 11) is 0. The Morgan fingerprint density at radius 1 is 1.04 bits per heavy atom. The number of alkyl halides is 3. The molecular weight excluding hydrogens is 511 g/mol. The van der Waals surface area contributed by atoms with Crippen LogP contribution in [0.3, 0.4) is 0 Å². The monoisotopic (exact) mass is 517 g/mol. The van der Waals surface area contributed by atoms with E-state index in [2.05, 4.69) is 52.5 Å². The van der Waals surface area contributed by atoms with Gasteiger partial charge in [-0.05, 0) is 55.6 Å². The van der Waals surface area contributed by atoms with Crippen LogP contribution in [0.4, 0.5) is 13.2 Å². The molecule has 0 saturated carbocycles. The molecule has 3 nitrogen and oxygen atoms in total. The SMILES string of the molecule is N[C@H](c1ccc(OC(F)(F)F)cc1)c1c(Br)cc(Br)c(O)c1Br. The van der Waals surface area contributed by atoms with Crippen LogP contribution in [-0.4, -0.2) is 11.5 Å². The lowest BCUT2D eigenvalue weighted by Gasteiger charge is -2.18. The second-order valence-electron chi connectivity index (χ2n) is 4.51. The lowest BCUT2D eigenvalue weighted by Crippen LogP contribution is -2.17. The van der Waals surface area contributed by atoms with Gasteiger partial charge in [0.1, 0.15) is 11.5 Å². The first-order valence-corrected chi connectivity index (χ1v) is 8.45. The second-order valence-corrected chi connectivity index (χ2v) is 7.01. The number of hydrogen-bond acceptors (Lipinski definition) is 3. The predicted molar refractivity (Wildman–Crippen MR) is 90.4 cm³/mol. The number of halogens is 6. The number of rotatable bonds is 3. The Morgan fingerprint density at radius 3 is 2.13 bits per heavy atom. The number of aromatic hydroxyl groups is 1. The third kappa shape index (κ3) is 4.40. The molecular formula is C14H9Br3F3NO2. The first kappa shape index (κ1) is 18.6. The zero-order valence-corrected chi connectivity index (χ0v) is 15.9. The summed E-state index contributed by atoms with van der Waals surface area (Å²) in [6.07, 6.45) is -4.74. The van der Waals surface area contributed by atoms with Crippen molar-refractivity contribution in [1.29, 1.82) is 0 Å². The van der Waals surface area contributed by atoms with Gasteiger partial charge < -0.3 is 15.6 Å². The summed E-state index contributed by atoms with van der Waals surface area (Å²) in [5.74, 6) is -0.346. The van der Waals surface area contributed by atoms with Crippen molar-refractivity contribution in [3.05, 3.63) is 54.9 Å². The molecule has 0 fully saturated rings. The molecule has 0 radical (unpaired) electrons. The second kappa shape index (κ2) is 7.00. The summed E-state index contributed by atoms with van der Waals surface area (Å²) in [5.41, 5.74) is 7.29. The van der Waals surface area contributed by atoms with E-state index < -0.39 is 12.4 Å². The Hall–Kier alpha value is -0.770. The van der Waals surface area contributed by atoms with Gasteiger partial charge in [0.25, 0.3) is 0 Å². The van der Waals surface area contributed by atoms with Crippen molar-refractivity contribution in [2.45, 2.75) is 12.4 Å². The molecule has 0 aliphatic rings. The molecule has 2 aromatic carbocycles. The third-order valence-corrected chi connectivity index (χ3v) is 5.03. The summed E-state index contributed by atoms with van der Waals surface area (Å²) >= 11 is 9.83. The molecule has 0 heterocycles. The van der Waals surface area contributed by atoms with Crippen LogP contribution in [-0.2, 0) is 0 Å². The summed E-state index contributed by atoms with van der Waals surface area (Å²) in [5, 5.41) is 9.96. The predicted octanol–water partition coefficient (Wildman–Crippen LogP) is 5.63. The van der Waals surface area contributed by atoms with Crippen molar-refractivity contribution in [3.63, 3.8) is 0 Å².